The fourth-order valence-electron chi connectivity index (χ4n) is 1.99. The maximum Gasteiger partial charge on any atom is 0.268 e. The number of nitriles is 1. The Balaban J connectivity index is 2.59. The van der Waals surface area contributed by atoms with Gasteiger partial charge in [-0.1, -0.05) is 0 Å². The van der Waals surface area contributed by atoms with Crippen molar-refractivity contribution < 1.29 is 4.74 Å². The molecule has 0 fully saturated rings. The third-order valence-electron chi connectivity index (χ3n) is 3.00. The quantitative estimate of drug-likeness (QED) is 0.845. The summed E-state index contributed by atoms with van der Waals surface area (Å²) in [5.41, 5.74) is 1.64. The molecule has 96 valence electrons. The lowest BCUT2D eigenvalue weighted by molar-refractivity contribution is 0.415. The van der Waals surface area contributed by atoms with Gasteiger partial charge in [-0.3, -0.25) is 4.79 Å². The minimum absolute atomic E-state index is 0.166. The van der Waals surface area contributed by atoms with Crippen LogP contribution in [0.15, 0.2) is 41.2 Å². The number of pyridine rings is 1. The first-order valence-electron chi connectivity index (χ1n) is 5.99. The Morgan fingerprint density at radius 3 is 2.42 bits per heavy atom. The van der Waals surface area contributed by atoms with Crippen LogP contribution in [0.1, 0.15) is 12.5 Å². The van der Waals surface area contributed by atoms with E-state index in [2.05, 4.69) is 0 Å². The fourth-order valence-corrected chi connectivity index (χ4v) is 1.99. The number of methoxy groups -OCH3 is 1. The molecule has 0 aliphatic heterocycles. The molecule has 0 radical (unpaired) electrons. The number of rotatable bonds is 3. The van der Waals surface area contributed by atoms with E-state index in [1.165, 1.54) is 0 Å². The van der Waals surface area contributed by atoms with E-state index in [0.717, 1.165) is 17.0 Å². The van der Waals surface area contributed by atoms with Crippen molar-refractivity contribution in [2.75, 3.05) is 7.11 Å². The van der Waals surface area contributed by atoms with E-state index in [1.54, 1.807) is 23.8 Å². The van der Waals surface area contributed by atoms with Gasteiger partial charge in [-0.25, -0.2) is 0 Å². The first-order chi connectivity index (χ1) is 9.21. The number of hydrogen-bond donors (Lipinski definition) is 0. The lowest BCUT2D eigenvalue weighted by atomic mass is 10.1. The van der Waals surface area contributed by atoms with Crippen LogP contribution in [0.3, 0.4) is 0 Å². The standard InChI is InChI=1S/C15H14N2O2/c1-3-17-14(9-6-12(10-16)15(17)18)11-4-7-13(19-2)8-5-11/h4-9H,3H2,1-2H3. The predicted octanol–water partition coefficient (Wildman–Crippen LogP) is 2.42. The van der Waals surface area contributed by atoms with E-state index < -0.39 is 0 Å². The van der Waals surface area contributed by atoms with Gasteiger partial charge in [0, 0.05) is 6.54 Å². The average Bonchev–Trinajstić information content (AvgIpc) is 2.47. The second kappa shape index (κ2) is 5.40. The largest absolute Gasteiger partial charge is 0.497 e. The van der Waals surface area contributed by atoms with Crippen LogP contribution < -0.4 is 10.3 Å². The monoisotopic (exact) mass is 254 g/mol. The smallest absolute Gasteiger partial charge is 0.268 e. The number of aromatic nitrogens is 1. The molecule has 1 aromatic carbocycles. The third-order valence-corrected chi connectivity index (χ3v) is 3.00. The molecule has 0 amide bonds. The van der Waals surface area contributed by atoms with Crippen LogP contribution in [0.5, 0.6) is 5.75 Å². The van der Waals surface area contributed by atoms with E-state index in [1.807, 2.05) is 37.3 Å². The van der Waals surface area contributed by atoms with Crippen LogP contribution in [-0.4, -0.2) is 11.7 Å². The molecule has 0 unspecified atom stereocenters. The minimum atomic E-state index is -0.252. The maximum absolute atomic E-state index is 12.1. The lowest BCUT2D eigenvalue weighted by Crippen LogP contribution is -2.23. The van der Waals surface area contributed by atoms with E-state index in [4.69, 9.17) is 10.00 Å². The molecular formula is C15H14N2O2. The topological polar surface area (TPSA) is 55.0 Å². The van der Waals surface area contributed by atoms with Gasteiger partial charge in [0.1, 0.15) is 17.4 Å². The molecule has 19 heavy (non-hydrogen) atoms. The molecule has 4 nitrogen and oxygen atoms in total. The van der Waals surface area contributed by atoms with E-state index in [9.17, 15) is 4.79 Å². The molecule has 4 heteroatoms. The molecule has 2 rings (SSSR count). The number of nitrogens with zero attached hydrogens (tertiary/aromatic N) is 2. The van der Waals surface area contributed by atoms with E-state index in [0.29, 0.717) is 6.54 Å². The molecule has 1 aromatic heterocycles. The Morgan fingerprint density at radius 1 is 1.21 bits per heavy atom. The van der Waals surface area contributed by atoms with Crippen molar-refractivity contribution in [3.05, 3.63) is 52.3 Å². The van der Waals surface area contributed by atoms with Gasteiger partial charge in [0.2, 0.25) is 0 Å². The van der Waals surface area contributed by atoms with Gasteiger partial charge in [0.25, 0.3) is 5.56 Å². The van der Waals surface area contributed by atoms with E-state index >= 15 is 0 Å². The third kappa shape index (κ3) is 2.36. The Morgan fingerprint density at radius 2 is 1.89 bits per heavy atom. The van der Waals surface area contributed by atoms with Crippen LogP contribution in [0.2, 0.25) is 0 Å². The van der Waals surface area contributed by atoms with Crippen LogP contribution in [0.4, 0.5) is 0 Å². The summed E-state index contributed by atoms with van der Waals surface area (Å²) < 4.78 is 6.71. The highest BCUT2D eigenvalue weighted by molar-refractivity contribution is 5.61. The molecule has 0 saturated heterocycles. The molecule has 0 atom stereocenters. The summed E-state index contributed by atoms with van der Waals surface area (Å²) in [6, 6.07) is 12.8. The summed E-state index contributed by atoms with van der Waals surface area (Å²) in [6.45, 7) is 2.41. The second-order valence-electron chi connectivity index (χ2n) is 4.02. The molecule has 0 saturated carbocycles. The SMILES string of the molecule is CCn1c(-c2ccc(OC)cc2)ccc(C#N)c1=O. The fraction of sp³-hybridized carbons (Fsp3) is 0.200. The first kappa shape index (κ1) is 12.9. The Kier molecular flexibility index (Phi) is 3.67. The molecule has 0 bridgehead atoms. The van der Waals surface area contributed by atoms with Crippen LogP contribution in [-0.2, 0) is 6.54 Å². The summed E-state index contributed by atoms with van der Waals surface area (Å²) in [5.74, 6) is 0.766. The van der Waals surface area contributed by atoms with Crippen molar-refractivity contribution >= 4 is 0 Å². The summed E-state index contributed by atoms with van der Waals surface area (Å²) >= 11 is 0. The summed E-state index contributed by atoms with van der Waals surface area (Å²) in [5, 5.41) is 8.89. The van der Waals surface area contributed by atoms with Crippen molar-refractivity contribution in [3.63, 3.8) is 0 Å². The highest BCUT2D eigenvalue weighted by atomic mass is 16.5. The maximum atomic E-state index is 12.1. The van der Waals surface area contributed by atoms with Crippen LogP contribution in [0.25, 0.3) is 11.3 Å². The summed E-state index contributed by atoms with van der Waals surface area (Å²) in [7, 11) is 1.61. The molecule has 1 heterocycles. The molecule has 2 aromatic rings. The predicted molar refractivity (Wildman–Crippen MR) is 73.1 cm³/mol. The van der Waals surface area contributed by atoms with Gasteiger partial charge in [-0.2, -0.15) is 5.26 Å². The van der Waals surface area contributed by atoms with Crippen molar-refractivity contribution in [1.29, 1.82) is 5.26 Å². The number of hydrogen-bond acceptors (Lipinski definition) is 3. The highest BCUT2D eigenvalue weighted by Gasteiger charge is 2.09. The zero-order valence-electron chi connectivity index (χ0n) is 10.9. The zero-order valence-corrected chi connectivity index (χ0v) is 10.9. The number of ether oxygens (including phenoxy) is 1. The molecule has 0 N–H and O–H groups in total. The van der Waals surface area contributed by atoms with Crippen LogP contribution >= 0.6 is 0 Å². The molecule has 0 aliphatic rings. The normalized spacial score (nSPS) is 9.95. The van der Waals surface area contributed by atoms with Gasteiger partial charge in [-0.15, -0.1) is 0 Å². The molecule has 0 aliphatic carbocycles. The minimum Gasteiger partial charge on any atom is -0.497 e. The average molecular weight is 254 g/mol. The number of benzene rings is 1. The lowest BCUT2D eigenvalue weighted by Gasteiger charge is -2.11. The van der Waals surface area contributed by atoms with Crippen LogP contribution in [0, 0.1) is 11.3 Å². The summed E-state index contributed by atoms with van der Waals surface area (Å²) in [4.78, 5) is 12.1. The van der Waals surface area contributed by atoms with Crippen molar-refractivity contribution in [2.45, 2.75) is 13.5 Å². The van der Waals surface area contributed by atoms with Crippen molar-refractivity contribution in [2.24, 2.45) is 0 Å². The van der Waals surface area contributed by atoms with Crippen molar-refractivity contribution in [1.82, 2.24) is 4.57 Å². The van der Waals surface area contributed by atoms with Crippen molar-refractivity contribution in [3.8, 4) is 23.1 Å². The molecular weight excluding hydrogens is 240 g/mol. The second-order valence-corrected chi connectivity index (χ2v) is 4.02. The Hall–Kier alpha value is -2.54. The van der Waals surface area contributed by atoms with Gasteiger partial charge in [-0.05, 0) is 48.9 Å². The van der Waals surface area contributed by atoms with Gasteiger partial charge in [0.15, 0.2) is 0 Å². The zero-order chi connectivity index (χ0) is 13.8. The Labute approximate surface area is 111 Å². The van der Waals surface area contributed by atoms with Gasteiger partial charge in [0.05, 0.1) is 12.8 Å². The van der Waals surface area contributed by atoms with Gasteiger partial charge < -0.3 is 9.30 Å². The summed E-state index contributed by atoms with van der Waals surface area (Å²) in [6.07, 6.45) is 0. The highest BCUT2D eigenvalue weighted by Crippen LogP contribution is 2.21. The molecule has 0 spiro atoms. The Bertz CT molecular complexity index is 679. The van der Waals surface area contributed by atoms with E-state index in [-0.39, 0.29) is 11.1 Å². The van der Waals surface area contributed by atoms with Gasteiger partial charge >= 0.3 is 0 Å². The first-order valence-corrected chi connectivity index (χ1v) is 5.99.